The summed E-state index contributed by atoms with van der Waals surface area (Å²) in [6, 6.07) is 3.01. The predicted octanol–water partition coefficient (Wildman–Crippen LogP) is 2.53. The summed E-state index contributed by atoms with van der Waals surface area (Å²) in [4.78, 5) is 2.52. The molecule has 1 atom stereocenters. The maximum absolute atomic E-state index is 9.70. The van der Waals surface area contributed by atoms with Crippen LogP contribution in [0.25, 0.3) is 0 Å². The van der Waals surface area contributed by atoms with Crippen LogP contribution < -0.4 is 5.32 Å². The average molecular weight is 249 g/mol. The van der Waals surface area contributed by atoms with Gasteiger partial charge in [0.1, 0.15) is 5.54 Å². The zero-order valence-electron chi connectivity index (χ0n) is 11.9. The van der Waals surface area contributed by atoms with E-state index in [2.05, 4.69) is 30.1 Å². The first kappa shape index (κ1) is 13.8. The van der Waals surface area contributed by atoms with Gasteiger partial charge < -0.3 is 4.90 Å². The second-order valence-electron chi connectivity index (χ2n) is 6.35. The molecule has 3 nitrogen and oxygen atoms in total. The highest BCUT2D eigenvalue weighted by Gasteiger charge is 2.46. The number of nitrogens with zero attached hydrogens (tertiary/aromatic N) is 2. The molecule has 1 saturated heterocycles. The molecule has 102 valence electrons. The Morgan fingerprint density at radius 3 is 2.28 bits per heavy atom. The van der Waals surface area contributed by atoms with Gasteiger partial charge in [0, 0.05) is 12.6 Å². The quantitative estimate of drug-likeness (QED) is 0.814. The van der Waals surface area contributed by atoms with E-state index in [0.29, 0.717) is 12.0 Å². The van der Waals surface area contributed by atoms with Crippen LogP contribution >= 0.6 is 0 Å². The molecular weight excluding hydrogens is 222 g/mol. The number of rotatable bonds is 5. The fourth-order valence-corrected chi connectivity index (χ4v) is 3.19. The minimum Gasteiger partial charge on any atom is -0.300 e. The molecule has 0 aromatic rings. The van der Waals surface area contributed by atoms with Crippen molar-refractivity contribution < 1.29 is 0 Å². The van der Waals surface area contributed by atoms with Crippen LogP contribution in [0.2, 0.25) is 0 Å². The normalized spacial score (nSPS) is 25.4. The van der Waals surface area contributed by atoms with Crippen molar-refractivity contribution in [1.82, 2.24) is 10.2 Å². The third-order valence-electron chi connectivity index (χ3n) is 4.19. The molecule has 0 aromatic carbocycles. The molecule has 1 heterocycles. The van der Waals surface area contributed by atoms with Crippen LogP contribution in [0.3, 0.4) is 0 Å². The van der Waals surface area contributed by atoms with Gasteiger partial charge in [-0.05, 0) is 58.5 Å². The van der Waals surface area contributed by atoms with Crippen molar-refractivity contribution in [2.75, 3.05) is 19.6 Å². The van der Waals surface area contributed by atoms with E-state index < -0.39 is 0 Å². The Bertz CT molecular complexity index is 295. The topological polar surface area (TPSA) is 39.1 Å². The standard InChI is InChI=1S/C15H27N3/c1-13(2)17-15(11-16,14-7-8-14)12-18-9-5-3-4-6-10-18/h13-14,17H,3-10,12H2,1-2H3. The van der Waals surface area contributed by atoms with Crippen molar-refractivity contribution in [2.24, 2.45) is 5.92 Å². The molecule has 1 aliphatic heterocycles. The van der Waals surface area contributed by atoms with Gasteiger partial charge in [-0.3, -0.25) is 5.32 Å². The fourth-order valence-electron chi connectivity index (χ4n) is 3.19. The summed E-state index contributed by atoms with van der Waals surface area (Å²) in [6.45, 7) is 7.58. The number of hydrogen-bond donors (Lipinski definition) is 1. The summed E-state index contributed by atoms with van der Waals surface area (Å²) in [7, 11) is 0. The van der Waals surface area contributed by atoms with Crippen molar-refractivity contribution in [3.05, 3.63) is 0 Å². The minimum absolute atomic E-state index is 0.293. The zero-order chi connectivity index (χ0) is 13.0. The molecule has 1 N–H and O–H groups in total. The van der Waals surface area contributed by atoms with E-state index in [1.807, 2.05) is 0 Å². The van der Waals surface area contributed by atoms with E-state index in [9.17, 15) is 5.26 Å². The Labute approximate surface area is 112 Å². The monoisotopic (exact) mass is 249 g/mol. The highest BCUT2D eigenvalue weighted by atomic mass is 15.2. The van der Waals surface area contributed by atoms with Gasteiger partial charge in [-0.25, -0.2) is 0 Å². The van der Waals surface area contributed by atoms with Crippen molar-refractivity contribution in [3.8, 4) is 6.07 Å². The van der Waals surface area contributed by atoms with Crippen molar-refractivity contribution >= 4 is 0 Å². The third-order valence-corrected chi connectivity index (χ3v) is 4.19. The molecular formula is C15H27N3. The van der Waals surface area contributed by atoms with Gasteiger partial charge in [-0.15, -0.1) is 0 Å². The van der Waals surface area contributed by atoms with Crippen LogP contribution in [0.15, 0.2) is 0 Å². The predicted molar refractivity (Wildman–Crippen MR) is 74.2 cm³/mol. The summed E-state index contributed by atoms with van der Waals surface area (Å²) in [5.74, 6) is 0.577. The Morgan fingerprint density at radius 1 is 1.22 bits per heavy atom. The lowest BCUT2D eigenvalue weighted by Gasteiger charge is -2.35. The number of nitriles is 1. The van der Waals surface area contributed by atoms with E-state index in [4.69, 9.17) is 0 Å². The molecule has 0 aromatic heterocycles. The summed E-state index contributed by atoms with van der Waals surface area (Å²) in [5.41, 5.74) is -0.293. The van der Waals surface area contributed by atoms with Crippen LogP contribution in [-0.4, -0.2) is 36.1 Å². The van der Waals surface area contributed by atoms with Crippen LogP contribution in [-0.2, 0) is 0 Å². The SMILES string of the molecule is CC(C)NC(C#N)(CN1CCCCCC1)C1CC1. The number of nitrogens with one attached hydrogen (secondary N) is 1. The van der Waals surface area contributed by atoms with E-state index in [1.165, 1.54) is 51.6 Å². The molecule has 0 spiro atoms. The van der Waals surface area contributed by atoms with E-state index in [0.717, 1.165) is 6.54 Å². The van der Waals surface area contributed by atoms with Gasteiger partial charge in [-0.2, -0.15) is 5.26 Å². The molecule has 2 rings (SSSR count). The molecule has 1 saturated carbocycles. The van der Waals surface area contributed by atoms with Gasteiger partial charge in [0.25, 0.3) is 0 Å². The van der Waals surface area contributed by atoms with Gasteiger partial charge in [0.05, 0.1) is 6.07 Å². The van der Waals surface area contributed by atoms with Crippen molar-refractivity contribution in [1.29, 1.82) is 5.26 Å². The molecule has 18 heavy (non-hydrogen) atoms. The highest BCUT2D eigenvalue weighted by molar-refractivity contribution is 5.17. The summed E-state index contributed by atoms with van der Waals surface area (Å²) < 4.78 is 0. The van der Waals surface area contributed by atoms with Crippen molar-refractivity contribution in [3.63, 3.8) is 0 Å². The Balaban J connectivity index is 2.01. The van der Waals surface area contributed by atoms with Crippen molar-refractivity contribution in [2.45, 2.75) is 64.0 Å². The molecule has 2 fully saturated rings. The molecule has 1 aliphatic carbocycles. The first-order chi connectivity index (χ1) is 8.66. The smallest absolute Gasteiger partial charge is 0.122 e. The Hall–Kier alpha value is -0.590. The highest BCUT2D eigenvalue weighted by Crippen LogP contribution is 2.40. The van der Waals surface area contributed by atoms with E-state index in [-0.39, 0.29) is 5.54 Å². The van der Waals surface area contributed by atoms with Gasteiger partial charge in [0.15, 0.2) is 0 Å². The van der Waals surface area contributed by atoms with Gasteiger partial charge >= 0.3 is 0 Å². The Morgan fingerprint density at radius 2 is 1.83 bits per heavy atom. The largest absolute Gasteiger partial charge is 0.300 e. The van der Waals surface area contributed by atoms with Gasteiger partial charge in [0.2, 0.25) is 0 Å². The lowest BCUT2D eigenvalue weighted by atomic mass is 9.93. The Kier molecular flexibility index (Phi) is 4.64. The van der Waals surface area contributed by atoms with E-state index >= 15 is 0 Å². The van der Waals surface area contributed by atoms with Crippen LogP contribution in [0.5, 0.6) is 0 Å². The molecule has 0 radical (unpaired) electrons. The average Bonchev–Trinajstić information content (AvgIpc) is 3.15. The van der Waals surface area contributed by atoms with Crippen LogP contribution in [0.4, 0.5) is 0 Å². The lowest BCUT2D eigenvalue weighted by Crippen LogP contribution is -2.56. The molecule has 2 aliphatic rings. The zero-order valence-corrected chi connectivity index (χ0v) is 11.9. The maximum atomic E-state index is 9.70. The molecule has 3 heteroatoms. The third kappa shape index (κ3) is 3.46. The minimum atomic E-state index is -0.293. The molecule has 1 unspecified atom stereocenters. The van der Waals surface area contributed by atoms with Gasteiger partial charge in [-0.1, -0.05) is 12.8 Å². The second kappa shape index (κ2) is 6.04. The second-order valence-corrected chi connectivity index (χ2v) is 6.35. The summed E-state index contributed by atoms with van der Waals surface area (Å²) >= 11 is 0. The van der Waals surface area contributed by atoms with Crippen LogP contribution in [0, 0.1) is 17.2 Å². The fraction of sp³-hybridized carbons (Fsp3) is 0.933. The number of hydrogen-bond acceptors (Lipinski definition) is 3. The summed E-state index contributed by atoms with van der Waals surface area (Å²) in [5, 5.41) is 13.3. The van der Waals surface area contributed by atoms with Crippen LogP contribution in [0.1, 0.15) is 52.4 Å². The maximum Gasteiger partial charge on any atom is 0.122 e. The molecule has 0 bridgehead atoms. The first-order valence-corrected chi connectivity index (χ1v) is 7.57. The lowest BCUT2D eigenvalue weighted by molar-refractivity contribution is 0.193. The summed E-state index contributed by atoms with van der Waals surface area (Å²) in [6.07, 6.45) is 7.76. The first-order valence-electron chi connectivity index (χ1n) is 7.57. The molecule has 0 amide bonds. The number of likely N-dealkylation sites (tertiary alicyclic amines) is 1. The van der Waals surface area contributed by atoms with E-state index in [1.54, 1.807) is 0 Å².